The van der Waals surface area contributed by atoms with Gasteiger partial charge in [0.2, 0.25) is 11.8 Å². The van der Waals surface area contributed by atoms with E-state index < -0.39 is 6.04 Å². The summed E-state index contributed by atoms with van der Waals surface area (Å²) in [6.45, 7) is 4.34. The van der Waals surface area contributed by atoms with Crippen LogP contribution in [0.5, 0.6) is 0 Å². The SMILES string of the molecule is Cc1cccc(CSCC(=O)N(Cc2cccc(Br)c2)C(C)C(=O)NC2CCCCC2)c1. The van der Waals surface area contributed by atoms with Crippen molar-refractivity contribution in [2.45, 2.75) is 70.3 Å². The molecule has 0 saturated heterocycles. The van der Waals surface area contributed by atoms with E-state index in [1.54, 1.807) is 16.7 Å². The van der Waals surface area contributed by atoms with Crippen LogP contribution in [0.1, 0.15) is 55.7 Å². The fourth-order valence-electron chi connectivity index (χ4n) is 4.12. The first-order valence-corrected chi connectivity index (χ1v) is 13.3. The number of halogens is 1. The first-order chi connectivity index (χ1) is 15.4. The summed E-state index contributed by atoms with van der Waals surface area (Å²) in [6, 6.07) is 16.0. The summed E-state index contributed by atoms with van der Waals surface area (Å²) in [6.07, 6.45) is 5.63. The number of hydrogen-bond donors (Lipinski definition) is 1. The number of carbonyl (C=O) groups is 2. The topological polar surface area (TPSA) is 49.4 Å². The molecule has 3 rings (SSSR count). The number of aryl methyl sites for hydroxylation is 1. The molecule has 2 amide bonds. The molecule has 1 fully saturated rings. The summed E-state index contributed by atoms with van der Waals surface area (Å²) in [5.41, 5.74) is 3.44. The average Bonchev–Trinajstić information content (AvgIpc) is 2.77. The number of carbonyl (C=O) groups excluding carboxylic acids is 2. The lowest BCUT2D eigenvalue weighted by molar-refractivity contribution is -0.139. The molecule has 0 bridgehead atoms. The smallest absolute Gasteiger partial charge is 0.242 e. The van der Waals surface area contributed by atoms with Crippen molar-refractivity contribution in [3.63, 3.8) is 0 Å². The van der Waals surface area contributed by atoms with Gasteiger partial charge in [0, 0.05) is 22.8 Å². The summed E-state index contributed by atoms with van der Waals surface area (Å²) >= 11 is 5.11. The Morgan fingerprint density at radius 1 is 1.09 bits per heavy atom. The summed E-state index contributed by atoms with van der Waals surface area (Å²) in [5.74, 6) is 1.07. The first kappa shape index (κ1) is 24.8. The molecule has 0 radical (unpaired) electrons. The molecule has 1 saturated carbocycles. The summed E-state index contributed by atoms with van der Waals surface area (Å²) < 4.78 is 0.968. The fourth-order valence-corrected chi connectivity index (χ4v) is 5.43. The Hall–Kier alpha value is -1.79. The van der Waals surface area contributed by atoms with Gasteiger partial charge in [-0.2, -0.15) is 0 Å². The number of nitrogens with zero attached hydrogens (tertiary/aromatic N) is 1. The van der Waals surface area contributed by atoms with Crippen LogP contribution >= 0.6 is 27.7 Å². The standard InChI is InChI=1S/C26H33BrN2O2S/c1-19-8-6-10-22(14-19)17-32-18-25(30)29(16-21-9-7-11-23(27)15-21)20(2)26(31)28-24-12-4-3-5-13-24/h6-11,14-15,20,24H,3-5,12-13,16-18H2,1-2H3,(H,28,31). The van der Waals surface area contributed by atoms with Gasteiger partial charge in [0.25, 0.3) is 0 Å². The van der Waals surface area contributed by atoms with E-state index in [0.717, 1.165) is 41.5 Å². The van der Waals surface area contributed by atoms with Crippen LogP contribution in [0.15, 0.2) is 53.0 Å². The Labute approximate surface area is 204 Å². The van der Waals surface area contributed by atoms with E-state index in [1.165, 1.54) is 17.5 Å². The Balaban J connectivity index is 1.65. The van der Waals surface area contributed by atoms with Crippen molar-refractivity contribution in [3.05, 3.63) is 69.7 Å². The van der Waals surface area contributed by atoms with E-state index in [-0.39, 0.29) is 17.9 Å². The van der Waals surface area contributed by atoms with Crippen LogP contribution in [-0.4, -0.2) is 34.6 Å². The summed E-state index contributed by atoms with van der Waals surface area (Å²) in [7, 11) is 0. The van der Waals surface area contributed by atoms with Crippen LogP contribution in [0.4, 0.5) is 0 Å². The zero-order valence-electron chi connectivity index (χ0n) is 19.0. The number of nitrogens with one attached hydrogen (secondary N) is 1. The minimum absolute atomic E-state index is 0.00563. The Morgan fingerprint density at radius 3 is 2.53 bits per heavy atom. The highest BCUT2D eigenvalue weighted by molar-refractivity contribution is 9.10. The molecule has 0 spiro atoms. The molecule has 1 N–H and O–H groups in total. The maximum Gasteiger partial charge on any atom is 0.242 e. The zero-order valence-corrected chi connectivity index (χ0v) is 21.4. The van der Waals surface area contributed by atoms with E-state index >= 15 is 0 Å². The van der Waals surface area contributed by atoms with Gasteiger partial charge in [-0.1, -0.05) is 77.2 Å². The van der Waals surface area contributed by atoms with Gasteiger partial charge in [-0.15, -0.1) is 11.8 Å². The van der Waals surface area contributed by atoms with Gasteiger partial charge in [-0.3, -0.25) is 9.59 Å². The van der Waals surface area contributed by atoms with Gasteiger partial charge < -0.3 is 10.2 Å². The molecule has 6 heteroatoms. The van der Waals surface area contributed by atoms with Crippen molar-refractivity contribution in [2.75, 3.05) is 5.75 Å². The first-order valence-electron chi connectivity index (χ1n) is 11.4. The van der Waals surface area contributed by atoms with Crippen molar-refractivity contribution in [1.29, 1.82) is 0 Å². The van der Waals surface area contributed by atoms with E-state index in [4.69, 9.17) is 0 Å². The number of benzene rings is 2. The predicted octanol–water partition coefficient (Wildman–Crippen LogP) is 5.86. The van der Waals surface area contributed by atoms with E-state index in [1.807, 2.05) is 37.3 Å². The van der Waals surface area contributed by atoms with Gasteiger partial charge in [0.15, 0.2) is 0 Å². The molecule has 32 heavy (non-hydrogen) atoms. The highest BCUT2D eigenvalue weighted by atomic mass is 79.9. The molecular weight excluding hydrogens is 484 g/mol. The monoisotopic (exact) mass is 516 g/mol. The second kappa shape index (κ2) is 12.4. The van der Waals surface area contributed by atoms with Crippen LogP contribution in [0.2, 0.25) is 0 Å². The number of hydrogen-bond acceptors (Lipinski definition) is 3. The van der Waals surface area contributed by atoms with Gasteiger partial charge >= 0.3 is 0 Å². The summed E-state index contributed by atoms with van der Waals surface area (Å²) in [5, 5.41) is 3.19. The van der Waals surface area contributed by atoms with Crippen molar-refractivity contribution in [1.82, 2.24) is 10.2 Å². The highest BCUT2D eigenvalue weighted by Gasteiger charge is 2.28. The van der Waals surface area contributed by atoms with Gasteiger partial charge in [-0.25, -0.2) is 0 Å². The van der Waals surface area contributed by atoms with Crippen molar-refractivity contribution < 1.29 is 9.59 Å². The Bertz CT molecular complexity index is 914. The third kappa shape index (κ3) is 7.66. The lowest BCUT2D eigenvalue weighted by atomic mass is 9.95. The predicted molar refractivity (Wildman–Crippen MR) is 137 cm³/mol. The lowest BCUT2D eigenvalue weighted by Crippen LogP contribution is -2.50. The molecule has 0 heterocycles. The molecule has 1 aliphatic carbocycles. The zero-order chi connectivity index (χ0) is 22.9. The van der Waals surface area contributed by atoms with Crippen LogP contribution in [0, 0.1) is 6.92 Å². The largest absolute Gasteiger partial charge is 0.352 e. The maximum atomic E-state index is 13.2. The van der Waals surface area contributed by atoms with Crippen LogP contribution in [0.25, 0.3) is 0 Å². The van der Waals surface area contributed by atoms with Crippen molar-refractivity contribution in [2.24, 2.45) is 0 Å². The van der Waals surface area contributed by atoms with E-state index in [0.29, 0.717) is 12.3 Å². The van der Waals surface area contributed by atoms with E-state index in [2.05, 4.69) is 46.4 Å². The quantitative estimate of drug-likeness (QED) is 0.454. The van der Waals surface area contributed by atoms with Crippen molar-refractivity contribution >= 4 is 39.5 Å². The molecule has 2 aromatic carbocycles. The minimum atomic E-state index is -0.511. The van der Waals surface area contributed by atoms with Gasteiger partial charge in [-0.05, 0) is 49.9 Å². The second-order valence-corrected chi connectivity index (χ2v) is 10.6. The second-order valence-electron chi connectivity index (χ2n) is 8.65. The molecule has 1 aliphatic rings. The molecule has 0 aliphatic heterocycles. The number of thioether (sulfide) groups is 1. The number of rotatable bonds is 9. The molecule has 2 aromatic rings. The molecule has 4 nitrogen and oxygen atoms in total. The third-order valence-corrected chi connectivity index (χ3v) is 7.42. The molecule has 172 valence electrons. The molecular formula is C26H33BrN2O2S. The normalized spacial score (nSPS) is 15.2. The summed E-state index contributed by atoms with van der Waals surface area (Å²) in [4.78, 5) is 28.0. The maximum absolute atomic E-state index is 13.2. The Morgan fingerprint density at radius 2 is 1.81 bits per heavy atom. The van der Waals surface area contributed by atoms with Crippen molar-refractivity contribution in [3.8, 4) is 0 Å². The number of amides is 2. The van der Waals surface area contributed by atoms with Crippen LogP contribution in [0.3, 0.4) is 0 Å². The molecule has 1 unspecified atom stereocenters. The van der Waals surface area contributed by atoms with E-state index in [9.17, 15) is 9.59 Å². The molecule has 1 atom stereocenters. The minimum Gasteiger partial charge on any atom is -0.352 e. The highest BCUT2D eigenvalue weighted by Crippen LogP contribution is 2.20. The van der Waals surface area contributed by atoms with Gasteiger partial charge in [0.05, 0.1) is 5.75 Å². The Kier molecular flexibility index (Phi) is 9.67. The van der Waals surface area contributed by atoms with Crippen LogP contribution in [-0.2, 0) is 21.9 Å². The third-order valence-electron chi connectivity index (χ3n) is 5.94. The molecule has 0 aromatic heterocycles. The average molecular weight is 518 g/mol. The lowest BCUT2D eigenvalue weighted by Gasteiger charge is -2.31. The fraction of sp³-hybridized carbons (Fsp3) is 0.462. The van der Waals surface area contributed by atoms with Gasteiger partial charge in [0.1, 0.15) is 6.04 Å². The van der Waals surface area contributed by atoms with Crippen LogP contribution < -0.4 is 5.32 Å².